The second-order valence-corrected chi connectivity index (χ2v) is 1.75. The van der Waals surface area contributed by atoms with Crippen LogP contribution in [0.15, 0.2) is 0 Å². The fourth-order valence-electron chi connectivity index (χ4n) is 0.357. The molecule has 0 saturated heterocycles. The van der Waals surface area contributed by atoms with Crippen molar-refractivity contribution >= 4 is 28.2 Å². The smallest absolute Gasteiger partial charge is 0.328 e. The molecule has 0 aliphatic rings. The monoisotopic (exact) mass is 210 g/mol. The minimum absolute atomic E-state index is 0.272. The molecule has 0 amide bonds. The van der Waals surface area contributed by atoms with Crippen LogP contribution >= 0.6 is 16.3 Å². The summed E-state index contributed by atoms with van der Waals surface area (Å²) in [7, 11) is 0. The van der Waals surface area contributed by atoms with Crippen molar-refractivity contribution < 1.29 is 18.2 Å². The number of rotatable bonds is 3. The molecule has 5 heteroatoms. The quantitative estimate of drug-likeness (QED) is 0.511. The van der Waals surface area contributed by atoms with Gasteiger partial charge in [0.1, 0.15) is 6.42 Å². The van der Waals surface area contributed by atoms with Crippen LogP contribution in [0.5, 0.6) is 0 Å². The average Bonchev–Trinajstić information content (AvgIpc) is 1.88. The van der Waals surface area contributed by atoms with Gasteiger partial charge in [-0.2, -0.15) is 0 Å². The van der Waals surface area contributed by atoms with E-state index in [2.05, 4.69) is 24.8 Å². The summed E-state index contributed by atoms with van der Waals surface area (Å²) in [6.07, 6.45) is -0.348. The molecule has 0 aromatic rings. The minimum atomic E-state index is -0.654. The van der Waals surface area contributed by atoms with Crippen LogP contribution in [0.2, 0.25) is 0 Å². The van der Waals surface area contributed by atoms with Crippen molar-refractivity contribution in [1.29, 1.82) is 0 Å². The van der Waals surface area contributed by atoms with E-state index in [9.17, 15) is 9.59 Å². The Hall–Kier alpha value is -0.580. The molecule has 0 unspecified atom stereocenters. The molecule has 0 aliphatic heterocycles. The molecule has 10 heavy (non-hydrogen) atoms. The van der Waals surface area contributed by atoms with Gasteiger partial charge in [-0.15, -0.1) is 0 Å². The molecule has 0 rings (SSSR count). The molecule has 0 heterocycles. The van der Waals surface area contributed by atoms with Gasteiger partial charge in [0.2, 0.25) is 0 Å². The Bertz CT molecular complexity index is 134. The molecule has 0 bridgehead atoms. The van der Waals surface area contributed by atoms with Gasteiger partial charge in [0.25, 0.3) is 0 Å². The maximum atomic E-state index is 10.5. The molecule has 58 valence electrons. The van der Waals surface area contributed by atoms with Crippen molar-refractivity contribution in [2.45, 2.75) is 13.3 Å². The summed E-state index contributed by atoms with van der Waals surface area (Å²) in [5.41, 5.74) is 0. The number of ether oxygens (including phenoxy) is 1. The number of hydrogen-bond acceptors (Lipinski definition) is 4. The highest BCUT2D eigenvalue weighted by atomic mass is 79.9. The Morgan fingerprint density at radius 1 is 1.40 bits per heavy atom. The van der Waals surface area contributed by atoms with Crippen molar-refractivity contribution in [2.75, 3.05) is 6.61 Å². The van der Waals surface area contributed by atoms with E-state index in [-0.39, 0.29) is 13.0 Å². The lowest BCUT2D eigenvalue weighted by atomic mass is 10.4. The number of carbonyl (C=O) groups excluding carboxylic acids is 2. The molecule has 0 atom stereocenters. The fourth-order valence-corrected chi connectivity index (χ4v) is 0.472. The van der Waals surface area contributed by atoms with E-state index in [4.69, 9.17) is 0 Å². The first kappa shape index (κ1) is 9.42. The topological polar surface area (TPSA) is 52.6 Å². The Labute approximate surface area is 66.9 Å². The van der Waals surface area contributed by atoms with E-state index in [0.29, 0.717) is 0 Å². The summed E-state index contributed by atoms with van der Waals surface area (Å²) in [6, 6.07) is 0. The Balaban J connectivity index is 3.47. The summed E-state index contributed by atoms with van der Waals surface area (Å²) >= 11 is 2.44. The van der Waals surface area contributed by atoms with Gasteiger partial charge in [0, 0.05) is 0 Å². The molecule has 0 radical (unpaired) electrons. The molecular formula is C5H7BrO4. The fraction of sp³-hybridized carbons (Fsp3) is 0.600. The van der Waals surface area contributed by atoms with Crippen LogP contribution in [0.25, 0.3) is 0 Å². The Morgan fingerprint density at radius 3 is 2.40 bits per heavy atom. The average molecular weight is 211 g/mol. The number of halogens is 1. The highest BCUT2D eigenvalue weighted by Crippen LogP contribution is 1.93. The number of esters is 1. The third-order valence-electron chi connectivity index (χ3n) is 0.680. The van der Waals surface area contributed by atoms with E-state index >= 15 is 0 Å². The largest absolute Gasteiger partial charge is 0.466 e. The first-order valence-electron chi connectivity index (χ1n) is 2.67. The molecule has 0 saturated carbocycles. The standard InChI is InChI=1S/C5H7BrO4/c1-2-9-4(7)3-5(8)10-6/h2-3H2,1H3. The zero-order chi connectivity index (χ0) is 7.98. The lowest BCUT2D eigenvalue weighted by Gasteiger charge is -1.97. The van der Waals surface area contributed by atoms with Gasteiger partial charge in [-0.3, -0.25) is 9.59 Å². The van der Waals surface area contributed by atoms with Crippen molar-refractivity contribution in [3.63, 3.8) is 0 Å². The summed E-state index contributed by atoms with van der Waals surface area (Å²) in [4.78, 5) is 20.8. The van der Waals surface area contributed by atoms with Gasteiger partial charge in [-0.25, -0.2) is 0 Å². The predicted molar refractivity (Wildman–Crippen MR) is 36.3 cm³/mol. The molecule has 0 aromatic carbocycles. The minimum Gasteiger partial charge on any atom is -0.466 e. The Morgan fingerprint density at radius 2 is 2.00 bits per heavy atom. The third kappa shape index (κ3) is 4.31. The van der Waals surface area contributed by atoms with Gasteiger partial charge in [-0.1, -0.05) is 0 Å². The number of carbonyl (C=O) groups is 2. The molecule has 4 nitrogen and oxygen atoms in total. The normalized spacial score (nSPS) is 8.60. The first-order valence-corrected chi connectivity index (χ1v) is 3.32. The van der Waals surface area contributed by atoms with E-state index in [1.165, 1.54) is 0 Å². The summed E-state index contributed by atoms with van der Waals surface area (Å²) in [5, 5.41) is 0. The zero-order valence-corrected chi connectivity index (χ0v) is 7.01. The third-order valence-corrected chi connectivity index (χ3v) is 1.04. The van der Waals surface area contributed by atoms with E-state index in [1.54, 1.807) is 6.92 Å². The molecule has 0 fully saturated rings. The predicted octanol–water partition coefficient (Wildman–Crippen LogP) is 0.793. The maximum absolute atomic E-state index is 10.5. The molecular weight excluding hydrogens is 204 g/mol. The van der Waals surface area contributed by atoms with Gasteiger partial charge < -0.3 is 8.57 Å². The second kappa shape index (κ2) is 5.22. The lowest BCUT2D eigenvalue weighted by Crippen LogP contribution is -2.10. The number of hydrogen-bond donors (Lipinski definition) is 0. The van der Waals surface area contributed by atoms with E-state index < -0.39 is 11.9 Å². The SMILES string of the molecule is CCOC(=O)CC(=O)OBr. The van der Waals surface area contributed by atoms with Crippen LogP contribution in [0.1, 0.15) is 13.3 Å². The van der Waals surface area contributed by atoms with Gasteiger partial charge in [-0.05, 0) is 6.92 Å². The summed E-state index contributed by atoms with van der Waals surface area (Å²) in [6.45, 7) is 1.94. The van der Waals surface area contributed by atoms with Crippen molar-refractivity contribution in [3.8, 4) is 0 Å². The van der Waals surface area contributed by atoms with E-state index in [0.717, 1.165) is 0 Å². The molecule has 0 aliphatic carbocycles. The lowest BCUT2D eigenvalue weighted by molar-refractivity contribution is -0.149. The molecule has 0 N–H and O–H groups in total. The summed E-state index contributed by atoms with van der Waals surface area (Å²) < 4.78 is 8.49. The second-order valence-electron chi connectivity index (χ2n) is 1.43. The van der Waals surface area contributed by atoms with Crippen LogP contribution in [0, 0.1) is 0 Å². The van der Waals surface area contributed by atoms with Crippen molar-refractivity contribution in [2.24, 2.45) is 0 Å². The van der Waals surface area contributed by atoms with Gasteiger partial charge in [0.15, 0.2) is 16.3 Å². The summed E-state index contributed by atoms with van der Waals surface area (Å²) in [5.74, 6) is -1.23. The van der Waals surface area contributed by atoms with Gasteiger partial charge >= 0.3 is 11.9 Å². The van der Waals surface area contributed by atoms with E-state index in [1.807, 2.05) is 0 Å². The molecule has 0 spiro atoms. The highest BCUT2D eigenvalue weighted by molar-refractivity contribution is 9.06. The molecule has 0 aromatic heterocycles. The Kier molecular flexibility index (Phi) is 4.92. The van der Waals surface area contributed by atoms with Crippen LogP contribution in [-0.4, -0.2) is 18.5 Å². The highest BCUT2D eigenvalue weighted by Gasteiger charge is 2.09. The van der Waals surface area contributed by atoms with Crippen LogP contribution in [-0.2, 0) is 18.2 Å². The van der Waals surface area contributed by atoms with Crippen LogP contribution in [0.4, 0.5) is 0 Å². The van der Waals surface area contributed by atoms with Crippen molar-refractivity contribution in [1.82, 2.24) is 0 Å². The van der Waals surface area contributed by atoms with Crippen LogP contribution < -0.4 is 0 Å². The van der Waals surface area contributed by atoms with Crippen LogP contribution in [0.3, 0.4) is 0 Å². The van der Waals surface area contributed by atoms with Crippen molar-refractivity contribution in [3.05, 3.63) is 0 Å². The maximum Gasteiger partial charge on any atom is 0.328 e. The zero-order valence-electron chi connectivity index (χ0n) is 5.43. The van der Waals surface area contributed by atoms with Gasteiger partial charge in [0.05, 0.1) is 6.61 Å². The first-order chi connectivity index (χ1) is 4.70.